The first-order chi connectivity index (χ1) is 9.24. The van der Waals surface area contributed by atoms with Crippen LogP contribution < -0.4 is 5.32 Å². The third-order valence-electron chi connectivity index (χ3n) is 3.23. The Bertz CT molecular complexity index is 715. The maximum absolute atomic E-state index is 4.54. The summed E-state index contributed by atoms with van der Waals surface area (Å²) in [5, 5.41) is 8.79. The van der Waals surface area contributed by atoms with E-state index in [9.17, 15) is 0 Å². The van der Waals surface area contributed by atoms with Crippen molar-refractivity contribution >= 4 is 16.6 Å². The first-order valence-corrected chi connectivity index (χ1v) is 6.31. The molecule has 1 N–H and O–H groups in total. The molecule has 0 aliphatic carbocycles. The summed E-state index contributed by atoms with van der Waals surface area (Å²) in [6.45, 7) is 2.77. The topological polar surface area (TPSA) is 42.7 Å². The van der Waals surface area contributed by atoms with Gasteiger partial charge in [-0.25, -0.2) is 0 Å². The molecular formula is C15H16N4. The Morgan fingerprint density at radius 3 is 2.84 bits per heavy atom. The van der Waals surface area contributed by atoms with Crippen molar-refractivity contribution in [2.45, 2.75) is 13.5 Å². The number of para-hydroxylation sites is 1. The van der Waals surface area contributed by atoms with Gasteiger partial charge in [0.2, 0.25) is 0 Å². The molecule has 0 amide bonds. The third kappa shape index (κ3) is 2.29. The van der Waals surface area contributed by atoms with Crippen LogP contribution in [-0.2, 0) is 13.6 Å². The van der Waals surface area contributed by atoms with E-state index in [1.165, 1.54) is 0 Å². The molecule has 0 saturated heterocycles. The van der Waals surface area contributed by atoms with Crippen molar-refractivity contribution in [1.29, 1.82) is 0 Å². The lowest BCUT2D eigenvalue weighted by Gasteiger charge is -2.10. The number of hydrogen-bond acceptors (Lipinski definition) is 3. The lowest BCUT2D eigenvalue weighted by atomic mass is 10.1. The predicted molar refractivity (Wildman–Crippen MR) is 77.0 cm³/mol. The number of pyridine rings is 1. The highest BCUT2D eigenvalue weighted by Crippen LogP contribution is 2.23. The standard InChI is InChI=1S/C15H16N4/c1-11-9-15(13-5-3-4-6-14(13)18-11)16-10-12-7-8-17-19(12)2/h3-9H,10H2,1-2H3,(H,16,18). The number of fused-ring (bicyclic) bond motifs is 1. The van der Waals surface area contributed by atoms with Crippen molar-refractivity contribution in [3.63, 3.8) is 0 Å². The van der Waals surface area contributed by atoms with Crippen LogP contribution in [-0.4, -0.2) is 14.8 Å². The monoisotopic (exact) mass is 252 g/mol. The maximum Gasteiger partial charge on any atom is 0.0725 e. The molecule has 0 unspecified atom stereocenters. The Morgan fingerprint density at radius 2 is 2.05 bits per heavy atom. The summed E-state index contributed by atoms with van der Waals surface area (Å²) in [6.07, 6.45) is 1.81. The Labute approximate surface area is 112 Å². The van der Waals surface area contributed by atoms with Crippen molar-refractivity contribution in [2.75, 3.05) is 5.32 Å². The molecule has 1 aromatic carbocycles. The lowest BCUT2D eigenvalue weighted by Crippen LogP contribution is -2.06. The summed E-state index contributed by atoms with van der Waals surface area (Å²) in [6, 6.07) is 12.3. The molecular weight excluding hydrogens is 236 g/mol. The van der Waals surface area contributed by atoms with Gasteiger partial charge >= 0.3 is 0 Å². The number of nitrogens with one attached hydrogen (secondary N) is 1. The highest BCUT2D eigenvalue weighted by atomic mass is 15.3. The minimum atomic E-state index is 0.754. The van der Waals surface area contributed by atoms with Gasteiger partial charge in [0.15, 0.2) is 0 Å². The normalized spacial score (nSPS) is 10.8. The third-order valence-corrected chi connectivity index (χ3v) is 3.23. The van der Waals surface area contributed by atoms with Crippen molar-refractivity contribution in [3.8, 4) is 0 Å². The van der Waals surface area contributed by atoms with Gasteiger partial charge in [-0.3, -0.25) is 9.67 Å². The minimum Gasteiger partial charge on any atom is -0.379 e. The molecule has 4 nitrogen and oxygen atoms in total. The van der Waals surface area contributed by atoms with Gasteiger partial charge in [-0.05, 0) is 25.1 Å². The number of aryl methyl sites for hydroxylation is 2. The number of benzene rings is 1. The zero-order valence-electron chi connectivity index (χ0n) is 11.1. The van der Waals surface area contributed by atoms with E-state index in [4.69, 9.17) is 0 Å². The largest absolute Gasteiger partial charge is 0.379 e. The number of aromatic nitrogens is 3. The molecule has 0 saturated carbocycles. The lowest BCUT2D eigenvalue weighted by molar-refractivity contribution is 0.720. The molecule has 0 fully saturated rings. The van der Waals surface area contributed by atoms with Gasteiger partial charge in [0.05, 0.1) is 17.8 Å². The van der Waals surface area contributed by atoms with Crippen molar-refractivity contribution < 1.29 is 0 Å². The summed E-state index contributed by atoms with van der Waals surface area (Å²) < 4.78 is 1.88. The van der Waals surface area contributed by atoms with E-state index in [1.54, 1.807) is 0 Å². The molecule has 0 aliphatic heterocycles. The van der Waals surface area contributed by atoms with Gasteiger partial charge in [0.1, 0.15) is 0 Å². The van der Waals surface area contributed by atoms with E-state index >= 15 is 0 Å². The van der Waals surface area contributed by atoms with Crippen molar-refractivity contribution in [2.24, 2.45) is 7.05 Å². The smallest absolute Gasteiger partial charge is 0.0725 e. The zero-order chi connectivity index (χ0) is 13.2. The van der Waals surface area contributed by atoms with Crippen LogP contribution in [0.2, 0.25) is 0 Å². The molecule has 2 aromatic heterocycles. The first kappa shape index (κ1) is 11.7. The van der Waals surface area contributed by atoms with Crippen LogP contribution in [0.25, 0.3) is 10.9 Å². The fourth-order valence-electron chi connectivity index (χ4n) is 2.21. The molecule has 3 rings (SSSR count). The molecule has 0 radical (unpaired) electrons. The molecule has 0 aliphatic rings. The summed E-state index contributed by atoms with van der Waals surface area (Å²) in [5.41, 5.74) is 4.31. The van der Waals surface area contributed by atoms with Gasteiger partial charge in [0.25, 0.3) is 0 Å². The molecule has 3 aromatic rings. The highest BCUT2D eigenvalue weighted by Gasteiger charge is 2.04. The number of rotatable bonds is 3. The maximum atomic E-state index is 4.54. The summed E-state index contributed by atoms with van der Waals surface area (Å²) >= 11 is 0. The number of hydrogen-bond donors (Lipinski definition) is 1. The van der Waals surface area contributed by atoms with Crippen LogP contribution in [0.4, 0.5) is 5.69 Å². The van der Waals surface area contributed by atoms with Gasteiger partial charge < -0.3 is 5.32 Å². The molecule has 19 heavy (non-hydrogen) atoms. The highest BCUT2D eigenvalue weighted by molar-refractivity contribution is 5.91. The summed E-state index contributed by atoms with van der Waals surface area (Å²) in [7, 11) is 1.95. The molecule has 96 valence electrons. The quantitative estimate of drug-likeness (QED) is 0.779. The Morgan fingerprint density at radius 1 is 1.21 bits per heavy atom. The van der Waals surface area contributed by atoms with Crippen LogP contribution >= 0.6 is 0 Å². The summed E-state index contributed by atoms with van der Waals surface area (Å²) in [5.74, 6) is 0. The van der Waals surface area contributed by atoms with E-state index in [2.05, 4.69) is 27.5 Å². The van der Waals surface area contributed by atoms with Gasteiger partial charge in [-0.2, -0.15) is 5.10 Å². The average molecular weight is 252 g/mol. The second-order valence-electron chi connectivity index (χ2n) is 4.63. The molecule has 4 heteroatoms. The Hall–Kier alpha value is -2.36. The van der Waals surface area contributed by atoms with Gasteiger partial charge in [0, 0.05) is 30.0 Å². The van der Waals surface area contributed by atoms with E-state index in [0.717, 1.165) is 34.5 Å². The second-order valence-corrected chi connectivity index (χ2v) is 4.63. The van der Waals surface area contributed by atoms with E-state index < -0.39 is 0 Å². The number of nitrogens with zero attached hydrogens (tertiary/aromatic N) is 3. The zero-order valence-corrected chi connectivity index (χ0v) is 11.1. The fourth-order valence-corrected chi connectivity index (χ4v) is 2.21. The van der Waals surface area contributed by atoms with Gasteiger partial charge in [-0.1, -0.05) is 18.2 Å². The molecule has 0 atom stereocenters. The van der Waals surface area contributed by atoms with Crippen molar-refractivity contribution in [1.82, 2.24) is 14.8 Å². The van der Waals surface area contributed by atoms with E-state index in [-0.39, 0.29) is 0 Å². The predicted octanol–water partition coefficient (Wildman–Crippen LogP) is 2.89. The summed E-state index contributed by atoms with van der Waals surface area (Å²) in [4.78, 5) is 4.54. The second kappa shape index (κ2) is 4.72. The van der Waals surface area contributed by atoms with Gasteiger partial charge in [-0.15, -0.1) is 0 Å². The SMILES string of the molecule is Cc1cc(NCc2ccnn2C)c2ccccc2n1. The van der Waals surface area contributed by atoms with E-state index in [0.29, 0.717) is 0 Å². The fraction of sp³-hybridized carbons (Fsp3) is 0.200. The molecule has 0 spiro atoms. The average Bonchev–Trinajstić information content (AvgIpc) is 2.81. The van der Waals surface area contributed by atoms with Crippen LogP contribution in [0.3, 0.4) is 0 Å². The van der Waals surface area contributed by atoms with Crippen LogP contribution in [0, 0.1) is 6.92 Å². The van der Waals surface area contributed by atoms with E-state index in [1.807, 2.05) is 49.1 Å². The Balaban J connectivity index is 1.94. The van der Waals surface area contributed by atoms with Crippen LogP contribution in [0.5, 0.6) is 0 Å². The molecule has 2 heterocycles. The first-order valence-electron chi connectivity index (χ1n) is 6.31. The Kier molecular flexibility index (Phi) is 2.91. The number of anilines is 1. The van der Waals surface area contributed by atoms with Crippen LogP contribution in [0.1, 0.15) is 11.4 Å². The molecule has 0 bridgehead atoms. The van der Waals surface area contributed by atoms with Crippen LogP contribution in [0.15, 0.2) is 42.6 Å². The van der Waals surface area contributed by atoms with Crippen molar-refractivity contribution in [3.05, 3.63) is 54.0 Å². The minimum absolute atomic E-state index is 0.754.